The summed E-state index contributed by atoms with van der Waals surface area (Å²) in [6, 6.07) is 8.98. The molecule has 8 heteroatoms. The summed E-state index contributed by atoms with van der Waals surface area (Å²) in [6.07, 6.45) is 3.91. The summed E-state index contributed by atoms with van der Waals surface area (Å²) in [4.78, 5) is 8.86. The van der Waals surface area contributed by atoms with Crippen molar-refractivity contribution in [1.82, 2.24) is 0 Å². The molecule has 0 bridgehead atoms. The molecule has 0 saturated heterocycles. The maximum absolute atomic E-state index is 13.7. The minimum Gasteiger partial charge on any atom is -0.171 e. The average molecular weight is 547 g/mol. The zero-order valence-corrected chi connectivity index (χ0v) is 22.6. The van der Waals surface area contributed by atoms with Crippen molar-refractivity contribution in [1.29, 1.82) is 0 Å². The van der Waals surface area contributed by atoms with Crippen molar-refractivity contribution in [3.63, 3.8) is 0 Å². The molecule has 37 heavy (non-hydrogen) atoms. The van der Waals surface area contributed by atoms with Gasteiger partial charge in [0.2, 0.25) is 0 Å². The monoisotopic (exact) mass is 546 g/mol. The Balaban J connectivity index is 1.27. The SMILES string of the molecule is CC12CCC3C(CCC4CC(C(F)(F)F)CCC43C)C1CCC2CCC(OF)(OF)Sc1ccccc1. The van der Waals surface area contributed by atoms with Crippen molar-refractivity contribution in [2.24, 2.45) is 46.3 Å². The molecule has 4 aliphatic rings. The zero-order valence-electron chi connectivity index (χ0n) is 21.7. The number of fused-ring (bicyclic) bond motifs is 5. The van der Waals surface area contributed by atoms with E-state index in [-0.39, 0.29) is 29.6 Å². The fourth-order valence-electron chi connectivity index (χ4n) is 9.33. The van der Waals surface area contributed by atoms with Crippen LogP contribution in [0.1, 0.15) is 84.5 Å². The molecule has 4 aliphatic carbocycles. The molecule has 8 unspecified atom stereocenters. The minimum atomic E-state index is -4.08. The predicted molar refractivity (Wildman–Crippen MR) is 133 cm³/mol. The number of alkyl halides is 3. The molecule has 2 nitrogen and oxygen atoms in total. The number of benzene rings is 1. The van der Waals surface area contributed by atoms with Crippen molar-refractivity contribution in [2.75, 3.05) is 0 Å². The summed E-state index contributed by atoms with van der Waals surface area (Å²) in [5.74, 6) is 0.860. The highest BCUT2D eigenvalue weighted by Crippen LogP contribution is 2.69. The lowest BCUT2D eigenvalue weighted by molar-refractivity contribution is -0.371. The molecule has 0 N–H and O–H groups in total. The van der Waals surface area contributed by atoms with Gasteiger partial charge in [-0.1, -0.05) is 43.8 Å². The molecule has 0 heterocycles. The standard InChI is InChI=1S/C29H39F5O2S/c1-26-16-14-25-23(10-8-20-18-21(29(30,31)32)12-15-27(20,25)2)24(26)11-9-19(26)13-17-28(35-33,36-34)37-22-6-4-3-5-7-22/h3-7,19-21,23-25H,8-18H2,1-2H3. The average Bonchev–Trinajstić information content (AvgIpc) is 3.22. The quantitative estimate of drug-likeness (QED) is 0.193. The lowest BCUT2D eigenvalue weighted by Crippen LogP contribution is -2.54. The van der Waals surface area contributed by atoms with Crippen LogP contribution in [0.4, 0.5) is 22.2 Å². The van der Waals surface area contributed by atoms with Crippen molar-refractivity contribution in [3.05, 3.63) is 30.3 Å². The van der Waals surface area contributed by atoms with Gasteiger partial charge in [0.25, 0.3) is 5.12 Å². The number of halogens is 5. The minimum absolute atomic E-state index is 0.00427. The van der Waals surface area contributed by atoms with E-state index in [1.54, 1.807) is 24.3 Å². The van der Waals surface area contributed by atoms with Crippen LogP contribution in [0.2, 0.25) is 0 Å². The van der Waals surface area contributed by atoms with Gasteiger partial charge in [-0.15, -0.1) is 9.88 Å². The van der Waals surface area contributed by atoms with E-state index in [0.29, 0.717) is 47.8 Å². The fraction of sp³-hybridized carbons (Fsp3) is 0.793. The number of hydrogen-bond donors (Lipinski definition) is 0. The first-order valence-electron chi connectivity index (χ1n) is 13.9. The van der Waals surface area contributed by atoms with E-state index in [1.807, 2.05) is 6.07 Å². The topological polar surface area (TPSA) is 18.5 Å². The lowest BCUT2D eigenvalue weighted by atomic mass is 9.44. The van der Waals surface area contributed by atoms with Gasteiger partial charge in [-0.25, -0.2) is 0 Å². The Morgan fingerprint density at radius 2 is 1.54 bits per heavy atom. The van der Waals surface area contributed by atoms with Crippen LogP contribution in [0.25, 0.3) is 0 Å². The number of rotatable bonds is 7. The van der Waals surface area contributed by atoms with Crippen LogP contribution in [0.5, 0.6) is 0 Å². The summed E-state index contributed by atoms with van der Waals surface area (Å²) >= 11 is 0.905. The first kappa shape index (κ1) is 27.7. The third-order valence-corrected chi connectivity index (χ3v) is 12.5. The molecule has 0 radical (unpaired) electrons. The second-order valence-corrected chi connectivity index (χ2v) is 14.1. The van der Waals surface area contributed by atoms with Crippen LogP contribution >= 0.6 is 11.8 Å². The van der Waals surface area contributed by atoms with Crippen LogP contribution in [0.3, 0.4) is 0 Å². The predicted octanol–water partition coefficient (Wildman–Crippen LogP) is 9.85. The Bertz CT molecular complexity index is 925. The van der Waals surface area contributed by atoms with E-state index in [1.165, 1.54) is 0 Å². The van der Waals surface area contributed by atoms with Crippen molar-refractivity contribution in [2.45, 2.75) is 101 Å². The largest absolute Gasteiger partial charge is 0.391 e. The maximum Gasteiger partial charge on any atom is 0.391 e. The van der Waals surface area contributed by atoms with Gasteiger partial charge in [0.15, 0.2) is 0 Å². The molecule has 208 valence electrons. The number of hydrogen-bond acceptors (Lipinski definition) is 3. The van der Waals surface area contributed by atoms with E-state index in [0.717, 1.165) is 50.3 Å². The van der Waals surface area contributed by atoms with Crippen LogP contribution in [-0.4, -0.2) is 11.3 Å². The van der Waals surface area contributed by atoms with Crippen LogP contribution in [0, 0.1) is 46.3 Å². The van der Waals surface area contributed by atoms with Crippen LogP contribution in [0.15, 0.2) is 35.2 Å². The molecule has 1 aromatic rings. The first-order valence-corrected chi connectivity index (χ1v) is 14.8. The zero-order chi connectivity index (χ0) is 26.5. The van der Waals surface area contributed by atoms with E-state index < -0.39 is 17.2 Å². The third kappa shape index (κ3) is 4.97. The highest BCUT2D eigenvalue weighted by molar-refractivity contribution is 8.00. The summed E-state index contributed by atoms with van der Waals surface area (Å²) in [5.41, 5.74) is 0.0685. The third-order valence-electron chi connectivity index (χ3n) is 11.4. The summed E-state index contributed by atoms with van der Waals surface area (Å²) in [6.45, 7) is 4.63. The molecule has 0 aromatic heterocycles. The van der Waals surface area contributed by atoms with Crippen molar-refractivity contribution < 1.29 is 32.1 Å². The van der Waals surface area contributed by atoms with Crippen LogP contribution < -0.4 is 0 Å². The van der Waals surface area contributed by atoms with E-state index in [9.17, 15) is 22.2 Å². The highest BCUT2D eigenvalue weighted by Gasteiger charge is 2.61. The second-order valence-electron chi connectivity index (χ2n) is 12.8. The molecular formula is C29H39F5O2S. The van der Waals surface area contributed by atoms with Gasteiger partial charge in [-0.05, 0) is 126 Å². The fourth-order valence-corrected chi connectivity index (χ4v) is 10.3. The Labute approximate surface area is 221 Å². The summed E-state index contributed by atoms with van der Waals surface area (Å²) in [7, 11) is 0. The highest BCUT2D eigenvalue weighted by atomic mass is 32.2. The van der Waals surface area contributed by atoms with Gasteiger partial charge in [0.05, 0.1) is 5.92 Å². The normalized spacial score (nSPS) is 40.1. The van der Waals surface area contributed by atoms with Gasteiger partial charge in [-0.3, -0.25) is 0 Å². The maximum atomic E-state index is 13.7. The van der Waals surface area contributed by atoms with Crippen molar-refractivity contribution in [3.8, 4) is 0 Å². The molecule has 0 aliphatic heterocycles. The van der Waals surface area contributed by atoms with Gasteiger partial charge in [-0.2, -0.15) is 13.2 Å². The molecule has 8 atom stereocenters. The van der Waals surface area contributed by atoms with Gasteiger partial charge in [0.1, 0.15) is 0 Å². The second kappa shape index (κ2) is 10.3. The summed E-state index contributed by atoms with van der Waals surface area (Å²) in [5, 5.41) is -2.02. The van der Waals surface area contributed by atoms with E-state index in [2.05, 4.69) is 23.7 Å². The Morgan fingerprint density at radius 3 is 2.22 bits per heavy atom. The Hall–Kier alpha value is -0.860. The molecular weight excluding hydrogens is 507 g/mol. The molecule has 5 rings (SSSR count). The van der Waals surface area contributed by atoms with Crippen molar-refractivity contribution >= 4 is 11.8 Å². The molecule has 0 amide bonds. The lowest BCUT2D eigenvalue weighted by Gasteiger charge is -2.61. The van der Waals surface area contributed by atoms with Gasteiger partial charge < -0.3 is 0 Å². The molecule has 0 spiro atoms. The van der Waals surface area contributed by atoms with Gasteiger partial charge >= 0.3 is 6.18 Å². The molecule has 4 saturated carbocycles. The Kier molecular flexibility index (Phi) is 7.69. The van der Waals surface area contributed by atoms with E-state index >= 15 is 0 Å². The smallest absolute Gasteiger partial charge is 0.171 e. The number of thioether (sulfide) groups is 1. The van der Waals surface area contributed by atoms with Crippen LogP contribution in [-0.2, 0) is 9.88 Å². The molecule has 1 aromatic carbocycles. The first-order chi connectivity index (χ1) is 17.5. The van der Waals surface area contributed by atoms with Gasteiger partial charge in [0, 0.05) is 11.3 Å². The summed E-state index contributed by atoms with van der Waals surface area (Å²) < 4.78 is 67.8. The molecule has 4 fully saturated rings. The Morgan fingerprint density at radius 1 is 0.865 bits per heavy atom. The van der Waals surface area contributed by atoms with E-state index in [4.69, 9.17) is 0 Å².